The van der Waals surface area contributed by atoms with Crippen molar-refractivity contribution < 1.29 is 13.6 Å². The van der Waals surface area contributed by atoms with E-state index in [0.717, 1.165) is 0 Å². The molecule has 0 aliphatic carbocycles. The quantitative estimate of drug-likeness (QED) is 0.849. The summed E-state index contributed by atoms with van der Waals surface area (Å²) in [5.74, 6) is -0.495. The van der Waals surface area contributed by atoms with E-state index in [0.29, 0.717) is 17.3 Å². The van der Waals surface area contributed by atoms with Crippen LogP contribution in [0.5, 0.6) is 0 Å². The van der Waals surface area contributed by atoms with Crippen molar-refractivity contribution in [1.29, 1.82) is 0 Å². The van der Waals surface area contributed by atoms with Crippen LogP contribution in [0.3, 0.4) is 0 Å². The fourth-order valence-corrected chi connectivity index (χ4v) is 1.88. The Bertz CT molecular complexity index is 697. The molecule has 0 unspecified atom stereocenters. The van der Waals surface area contributed by atoms with Crippen molar-refractivity contribution in [2.24, 2.45) is 5.73 Å². The molecule has 0 atom stereocenters. The van der Waals surface area contributed by atoms with Crippen LogP contribution in [0.15, 0.2) is 22.6 Å². The number of halogens is 1. The number of aryl methyl sites for hydroxylation is 2. The summed E-state index contributed by atoms with van der Waals surface area (Å²) in [6, 6.07) is 3.96. The summed E-state index contributed by atoms with van der Waals surface area (Å²) in [7, 11) is 0. The highest BCUT2D eigenvalue weighted by Gasteiger charge is 2.16. The Morgan fingerprint density at radius 3 is 2.70 bits per heavy atom. The van der Waals surface area contributed by atoms with Gasteiger partial charge in [0, 0.05) is 18.2 Å². The lowest BCUT2D eigenvalue weighted by Gasteiger charge is -2.06. The van der Waals surface area contributed by atoms with Gasteiger partial charge in [-0.25, -0.2) is 9.37 Å². The molecule has 104 valence electrons. The molecule has 2 rings (SSSR count). The lowest BCUT2D eigenvalue weighted by atomic mass is 10.2. The first-order valence-corrected chi connectivity index (χ1v) is 6.14. The molecule has 1 aromatic heterocycles. The van der Waals surface area contributed by atoms with Crippen LogP contribution in [0, 0.1) is 19.7 Å². The van der Waals surface area contributed by atoms with Crippen molar-refractivity contribution in [3.8, 4) is 0 Å². The van der Waals surface area contributed by atoms with Crippen molar-refractivity contribution in [3.05, 3.63) is 46.9 Å². The van der Waals surface area contributed by atoms with Gasteiger partial charge in [0.1, 0.15) is 10.8 Å². The van der Waals surface area contributed by atoms with Crippen molar-refractivity contribution in [1.82, 2.24) is 4.98 Å². The predicted molar refractivity (Wildman–Crippen MR) is 76.2 cm³/mol. The van der Waals surface area contributed by atoms with Crippen LogP contribution in [0.2, 0.25) is 0 Å². The normalized spacial score (nSPS) is 10.3. The van der Waals surface area contributed by atoms with Gasteiger partial charge in [0.2, 0.25) is 5.76 Å². The number of amides is 1. The number of nitrogens with one attached hydrogen (secondary N) is 1. The second-order valence-corrected chi connectivity index (χ2v) is 4.60. The minimum absolute atomic E-state index is 0.0725. The van der Waals surface area contributed by atoms with Crippen molar-refractivity contribution >= 4 is 28.8 Å². The Labute approximate surface area is 120 Å². The number of aromatic nitrogens is 1. The van der Waals surface area contributed by atoms with E-state index in [-0.39, 0.29) is 16.3 Å². The molecular formula is C13H12FN3O2S. The second kappa shape index (κ2) is 5.38. The van der Waals surface area contributed by atoms with E-state index in [9.17, 15) is 9.18 Å². The maximum absolute atomic E-state index is 13.4. The van der Waals surface area contributed by atoms with Crippen molar-refractivity contribution in [2.75, 3.05) is 5.32 Å². The van der Waals surface area contributed by atoms with Gasteiger partial charge in [-0.15, -0.1) is 0 Å². The van der Waals surface area contributed by atoms with Crippen LogP contribution in [0.1, 0.15) is 27.7 Å². The monoisotopic (exact) mass is 293 g/mol. The zero-order chi connectivity index (χ0) is 14.9. The van der Waals surface area contributed by atoms with Crippen LogP contribution in [-0.2, 0) is 0 Å². The smallest absolute Gasteiger partial charge is 0.293 e. The first-order valence-electron chi connectivity index (χ1n) is 5.73. The van der Waals surface area contributed by atoms with Gasteiger partial charge in [-0.1, -0.05) is 12.2 Å². The Morgan fingerprint density at radius 2 is 2.15 bits per heavy atom. The van der Waals surface area contributed by atoms with E-state index in [4.69, 9.17) is 22.4 Å². The maximum atomic E-state index is 13.4. The molecule has 5 nitrogen and oxygen atoms in total. The number of carbonyl (C=O) groups is 1. The molecule has 1 heterocycles. The van der Waals surface area contributed by atoms with E-state index < -0.39 is 11.7 Å². The van der Waals surface area contributed by atoms with Crippen LogP contribution >= 0.6 is 12.2 Å². The van der Waals surface area contributed by atoms with Gasteiger partial charge < -0.3 is 15.5 Å². The number of nitrogens with two attached hydrogens (primary N) is 1. The summed E-state index contributed by atoms with van der Waals surface area (Å²) in [5, 5.41) is 2.58. The third kappa shape index (κ3) is 2.83. The summed E-state index contributed by atoms with van der Waals surface area (Å²) >= 11 is 4.74. The van der Waals surface area contributed by atoms with E-state index >= 15 is 0 Å². The van der Waals surface area contributed by atoms with Gasteiger partial charge in [-0.2, -0.15) is 0 Å². The summed E-state index contributed by atoms with van der Waals surface area (Å²) in [6.07, 6.45) is 0. The van der Waals surface area contributed by atoms with Gasteiger partial charge in [-0.05, 0) is 25.1 Å². The summed E-state index contributed by atoms with van der Waals surface area (Å²) in [5.41, 5.74) is 6.33. The number of hydrogen-bond acceptors (Lipinski definition) is 4. The highest BCUT2D eigenvalue weighted by atomic mass is 32.1. The Kier molecular flexibility index (Phi) is 3.80. The molecule has 1 amide bonds. The molecule has 0 aliphatic heterocycles. The van der Waals surface area contributed by atoms with Crippen LogP contribution in [0.25, 0.3) is 0 Å². The summed E-state index contributed by atoms with van der Waals surface area (Å²) < 4.78 is 18.6. The molecule has 3 N–H and O–H groups in total. The van der Waals surface area contributed by atoms with Crippen molar-refractivity contribution in [2.45, 2.75) is 13.8 Å². The van der Waals surface area contributed by atoms with Crippen molar-refractivity contribution in [3.63, 3.8) is 0 Å². The molecule has 0 radical (unpaired) electrons. The maximum Gasteiger partial charge on any atom is 0.293 e. The third-order valence-corrected chi connectivity index (χ3v) is 2.82. The highest BCUT2D eigenvalue weighted by molar-refractivity contribution is 7.80. The largest absolute Gasteiger partial charge is 0.436 e. The Balaban J connectivity index is 2.26. The third-order valence-electron chi connectivity index (χ3n) is 2.60. The van der Waals surface area contributed by atoms with E-state index in [1.165, 1.54) is 18.2 Å². The molecule has 0 saturated carbocycles. The molecule has 0 spiro atoms. The van der Waals surface area contributed by atoms with E-state index in [2.05, 4.69) is 10.3 Å². The Hall–Kier alpha value is -2.28. The van der Waals surface area contributed by atoms with Gasteiger partial charge in [0.15, 0.2) is 5.89 Å². The summed E-state index contributed by atoms with van der Waals surface area (Å²) in [6.45, 7) is 3.31. The molecule has 0 fully saturated rings. The van der Waals surface area contributed by atoms with Gasteiger partial charge >= 0.3 is 0 Å². The van der Waals surface area contributed by atoms with Crippen LogP contribution in [-0.4, -0.2) is 15.9 Å². The number of hydrogen-bond donors (Lipinski definition) is 2. The average molecular weight is 293 g/mol. The van der Waals surface area contributed by atoms with Gasteiger partial charge in [0.05, 0.1) is 5.69 Å². The zero-order valence-electron chi connectivity index (χ0n) is 10.9. The number of anilines is 1. The molecule has 7 heteroatoms. The lowest BCUT2D eigenvalue weighted by molar-refractivity contribution is 0.0994. The number of thiocarbonyl (C=S) groups is 1. The number of rotatable bonds is 3. The number of carbonyl (C=O) groups excluding carboxylic acids is 1. The lowest BCUT2D eigenvalue weighted by Crippen LogP contribution is -2.15. The predicted octanol–water partition coefficient (Wildman–Crippen LogP) is 2.32. The standard InChI is InChI=1S/C13H12FN3O2S/c1-6-11(19-7(2)16-6)13(18)17-8-3-4-10(14)9(5-8)12(15)20/h3-5H,1-2H3,(H2,15,20)(H,17,18). The minimum atomic E-state index is -0.540. The van der Waals surface area contributed by atoms with E-state index in [1.54, 1.807) is 13.8 Å². The first kappa shape index (κ1) is 14.1. The molecule has 0 saturated heterocycles. The fourth-order valence-electron chi connectivity index (χ4n) is 1.72. The Morgan fingerprint density at radius 1 is 1.45 bits per heavy atom. The topological polar surface area (TPSA) is 81.2 Å². The van der Waals surface area contributed by atoms with E-state index in [1.807, 2.05) is 0 Å². The fraction of sp³-hybridized carbons (Fsp3) is 0.154. The highest BCUT2D eigenvalue weighted by Crippen LogP contribution is 2.17. The summed E-state index contributed by atoms with van der Waals surface area (Å²) in [4.78, 5) is 15.9. The molecular weight excluding hydrogens is 281 g/mol. The SMILES string of the molecule is Cc1nc(C)c(C(=O)Nc2ccc(F)c(C(N)=S)c2)o1. The van der Waals surface area contributed by atoms with Gasteiger partial charge in [-0.3, -0.25) is 4.79 Å². The van der Waals surface area contributed by atoms with Crippen LogP contribution < -0.4 is 11.1 Å². The molecule has 2 aromatic rings. The van der Waals surface area contributed by atoms with Crippen LogP contribution in [0.4, 0.5) is 10.1 Å². The number of oxazole rings is 1. The second-order valence-electron chi connectivity index (χ2n) is 4.16. The zero-order valence-corrected chi connectivity index (χ0v) is 11.7. The molecule has 0 bridgehead atoms. The molecule has 1 aromatic carbocycles. The minimum Gasteiger partial charge on any atom is -0.436 e. The average Bonchev–Trinajstić information content (AvgIpc) is 2.70. The number of benzene rings is 1. The van der Waals surface area contributed by atoms with Gasteiger partial charge in [0.25, 0.3) is 5.91 Å². The number of nitrogens with zero attached hydrogens (tertiary/aromatic N) is 1. The molecule has 0 aliphatic rings. The first-order chi connectivity index (χ1) is 9.38. The molecule has 20 heavy (non-hydrogen) atoms.